The van der Waals surface area contributed by atoms with E-state index in [9.17, 15) is 10.1 Å². The lowest BCUT2D eigenvalue weighted by molar-refractivity contribution is -0.386. The highest BCUT2D eigenvalue weighted by atomic mass is 79.9. The molecule has 94 valence electrons. The van der Waals surface area contributed by atoms with Gasteiger partial charge in [0.05, 0.1) is 9.40 Å². The molecule has 2 heterocycles. The Morgan fingerprint density at radius 3 is 2.56 bits per heavy atom. The van der Waals surface area contributed by atoms with Gasteiger partial charge in [-0.05, 0) is 51.8 Å². The molecule has 0 radical (unpaired) electrons. The number of pyridine rings is 1. The highest BCUT2D eigenvalue weighted by molar-refractivity contribution is 9.11. The Bertz CT molecular complexity index is 639. The second-order valence-corrected chi connectivity index (χ2v) is 5.42. The first kappa shape index (κ1) is 13.2. The van der Waals surface area contributed by atoms with Gasteiger partial charge in [0, 0.05) is 10.7 Å². The third-order valence-electron chi connectivity index (χ3n) is 2.42. The molecule has 0 aliphatic heterocycles. The van der Waals surface area contributed by atoms with Crippen molar-refractivity contribution in [3.8, 4) is 5.82 Å². The first-order chi connectivity index (χ1) is 8.41. The van der Waals surface area contributed by atoms with E-state index in [1.807, 2.05) is 6.07 Å². The second kappa shape index (κ2) is 4.77. The summed E-state index contributed by atoms with van der Waals surface area (Å²) in [4.78, 5) is 14.7. The minimum Gasteiger partial charge on any atom is -0.258 e. The van der Waals surface area contributed by atoms with Crippen molar-refractivity contribution in [1.82, 2.24) is 14.8 Å². The predicted molar refractivity (Wildman–Crippen MR) is 72.9 cm³/mol. The summed E-state index contributed by atoms with van der Waals surface area (Å²) in [6.45, 7) is 3.25. The molecule has 0 spiro atoms. The molecule has 2 rings (SSSR count). The highest BCUT2D eigenvalue weighted by Gasteiger charge is 2.23. The summed E-state index contributed by atoms with van der Waals surface area (Å²) in [6.07, 6.45) is 1.61. The van der Waals surface area contributed by atoms with Crippen molar-refractivity contribution in [2.75, 3.05) is 0 Å². The summed E-state index contributed by atoms with van der Waals surface area (Å²) in [7, 11) is 0. The number of nitro groups is 1. The molecule has 0 aliphatic carbocycles. The van der Waals surface area contributed by atoms with Crippen LogP contribution in [0.2, 0.25) is 0 Å². The Balaban J connectivity index is 2.65. The first-order valence-corrected chi connectivity index (χ1v) is 6.52. The van der Waals surface area contributed by atoms with Gasteiger partial charge in [0.2, 0.25) is 0 Å². The Morgan fingerprint density at radius 2 is 2.06 bits per heavy atom. The lowest BCUT2D eigenvalue weighted by atomic mass is 10.3. The van der Waals surface area contributed by atoms with E-state index in [0.29, 0.717) is 21.7 Å². The average Bonchev–Trinajstić information content (AvgIpc) is 2.54. The molecule has 6 nitrogen and oxygen atoms in total. The molecule has 0 amide bonds. The average molecular weight is 376 g/mol. The molecule has 2 aromatic heterocycles. The molecule has 0 fully saturated rings. The maximum Gasteiger partial charge on any atom is 0.313 e. The van der Waals surface area contributed by atoms with Crippen molar-refractivity contribution < 1.29 is 4.92 Å². The van der Waals surface area contributed by atoms with Crippen molar-refractivity contribution in [3.63, 3.8) is 0 Å². The molecule has 0 saturated heterocycles. The van der Waals surface area contributed by atoms with Gasteiger partial charge in [0.1, 0.15) is 11.4 Å². The number of hydrogen-bond acceptors (Lipinski definition) is 4. The van der Waals surface area contributed by atoms with E-state index in [-0.39, 0.29) is 5.69 Å². The van der Waals surface area contributed by atoms with Gasteiger partial charge >= 0.3 is 5.69 Å². The van der Waals surface area contributed by atoms with Crippen molar-refractivity contribution in [1.29, 1.82) is 0 Å². The van der Waals surface area contributed by atoms with E-state index in [2.05, 4.69) is 41.9 Å². The van der Waals surface area contributed by atoms with Gasteiger partial charge in [-0.25, -0.2) is 9.67 Å². The predicted octanol–water partition coefficient (Wildman–Crippen LogP) is 3.32. The van der Waals surface area contributed by atoms with Crippen LogP contribution < -0.4 is 0 Å². The molecular weight excluding hydrogens is 368 g/mol. The molecular formula is C10H8Br2N4O2. The third kappa shape index (κ3) is 2.17. The number of halogens is 2. The van der Waals surface area contributed by atoms with E-state index in [1.54, 1.807) is 20.0 Å². The first-order valence-electron chi connectivity index (χ1n) is 4.94. The summed E-state index contributed by atoms with van der Waals surface area (Å²) >= 11 is 6.67. The number of hydrogen-bond donors (Lipinski definition) is 0. The molecule has 2 aromatic rings. The number of aryl methyl sites for hydroxylation is 1. The highest BCUT2D eigenvalue weighted by Crippen LogP contribution is 2.28. The lowest BCUT2D eigenvalue weighted by Crippen LogP contribution is -2.03. The van der Waals surface area contributed by atoms with Crippen LogP contribution in [0.3, 0.4) is 0 Å². The van der Waals surface area contributed by atoms with Crippen molar-refractivity contribution in [2.24, 2.45) is 0 Å². The normalized spacial score (nSPS) is 10.7. The topological polar surface area (TPSA) is 73.8 Å². The maximum atomic E-state index is 10.9. The van der Waals surface area contributed by atoms with Gasteiger partial charge in [-0.15, -0.1) is 0 Å². The molecule has 0 atom stereocenters. The standard InChI is InChI=1S/C10H8Br2N4O2/c1-5-9(16(17)18)6(2)15(14-5)10-8(12)3-7(11)4-13-10/h3-4H,1-2H3. The fraction of sp³-hybridized carbons (Fsp3) is 0.200. The van der Waals surface area contributed by atoms with Crippen molar-refractivity contribution in [2.45, 2.75) is 13.8 Å². The van der Waals surface area contributed by atoms with Crippen LogP contribution in [-0.4, -0.2) is 19.7 Å². The van der Waals surface area contributed by atoms with Crippen LogP contribution in [0.4, 0.5) is 5.69 Å². The lowest BCUT2D eigenvalue weighted by Gasteiger charge is -2.05. The molecule has 0 N–H and O–H groups in total. The fourth-order valence-electron chi connectivity index (χ4n) is 1.67. The summed E-state index contributed by atoms with van der Waals surface area (Å²) in [5.41, 5.74) is 0.841. The van der Waals surface area contributed by atoms with Crippen molar-refractivity contribution >= 4 is 37.5 Å². The Labute approximate surface area is 119 Å². The number of nitrogens with zero attached hydrogens (tertiary/aromatic N) is 4. The zero-order valence-electron chi connectivity index (χ0n) is 9.52. The summed E-state index contributed by atoms with van der Waals surface area (Å²) < 4.78 is 2.98. The van der Waals surface area contributed by atoms with E-state index in [0.717, 1.165) is 4.47 Å². The Kier molecular flexibility index (Phi) is 3.49. The van der Waals surface area contributed by atoms with Crippen LogP contribution in [0, 0.1) is 24.0 Å². The zero-order chi connectivity index (χ0) is 13.4. The Morgan fingerprint density at radius 1 is 1.39 bits per heavy atom. The third-order valence-corrected chi connectivity index (χ3v) is 3.44. The van der Waals surface area contributed by atoms with Crippen LogP contribution >= 0.6 is 31.9 Å². The molecule has 0 bridgehead atoms. The molecule has 0 aliphatic rings. The SMILES string of the molecule is Cc1nn(-c2ncc(Br)cc2Br)c(C)c1[N+](=O)[O-]. The molecule has 0 unspecified atom stereocenters. The van der Waals surface area contributed by atoms with Gasteiger partial charge in [-0.2, -0.15) is 5.10 Å². The maximum absolute atomic E-state index is 10.9. The van der Waals surface area contributed by atoms with Gasteiger partial charge in [-0.3, -0.25) is 10.1 Å². The van der Waals surface area contributed by atoms with Gasteiger partial charge in [0.25, 0.3) is 0 Å². The largest absolute Gasteiger partial charge is 0.313 e. The summed E-state index contributed by atoms with van der Waals surface area (Å²) in [6, 6.07) is 1.81. The number of rotatable bonds is 2. The molecule has 0 saturated carbocycles. The fourth-order valence-corrected chi connectivity index (χ4v) is 2.82. The van der Waals surface area contributed by atoms with Crippen LogP contribution in [-0.2, 0) is 0 Å². The number of aromatic nitrogens is 3. The zero-order valence-corrected chi connectivity index (χ0v) is 12.7. The summed E-state index contributed by atoms with van der Waals surface area (Å²) in [5, 5.41) is 15.1. The van der Waals surface area contributed by atoms with E-state index >= 15 is 0 Å². The molecule has 8 heteroatoms. The molecule has 18 heavy (non-hydrogen) atoms. The van der Waals surface area contributed by atoms with Crippen molar-refractivity contribution in [3.05, 3.63) is 42.7 Å². The van der Waals surface area contributed by atoms with E-state index in [4.69, 9.17) is 0 Å². The minimum atomic E-state index is -0.430. The van der Waals surface area contributed by atoms with E-state index < -0.39 is 4.92 Å². The Hall–Kier alpha value is -1.28. The van der Waals surface area contributed by atoms with Gasteiger partial charge < -0.3 is 0 Å². The smallest absolute Gasteiger partial charge is 0.258 e. The van der Waals surface area contributed by atoms with Gasteiger partial charge in [-0.1, -0.05) is 0 Å². The van der Waals surface area contributed by atoms with E-state index in [1.165, 1.54) is 4.68 Å². The van der Waals surface area contributed by atoms with Crippen LogP contribution in [0.1, 0.15) is 11.4 Å². The monoisotopic (exact) mass is 374 g/mol. The minimum absolute atomic E-state index is 0.0200. The van der Waals surface area contributed by atoms with Crippen LogP contribution in [0.5, 0.6) is 0 Å². The second-order valence-electron chi connectivity index (χ2n) is 3.65. The van der Waals surface area contributed by atoms with Gasteiger partial charge in [0.15, 0.2) is 5.82 Å². The summed E-state index contributed by atoms with van der Waals surface area (Å²) in [5.74, 6) is 0.520. The quantitative estimate of drug-likeness (QED) is 0.596. The van der Waals surface area contributed by atoms with Crippen LogP contribution in [0.15, 0.2) is 21.2 Å². The molecule has 0 aromatic carbocycles. The van der Waals surface area contributed by atoms with Crippen LogP contribution in [0.25, 0.3) is 5.82 Å².